The summed E-state index contributed by atoms with van der Waals surface area (Å²) in [7, 11) is 0. The van der Waals surface area contributed by atoms with Gasteiger partial charge in [-0.25, -0.2) is 9.97 Å². The third-order valence-corrected chi connectivity index (χ3v) is 2.87. The minimum Gasteiger partial charge on any atom is -0.369 e. The first-order chi connectivity index (χ1) is 6.29. The van der Waals surface area contributed by atoms with Crippen LogP contribution in [0.15, 0.2) is 6.33 Å². The largest absolute Gasteiger partial charge is 0.369 e. The Bertz CT molecular complexity index is 276. The summed E-state index contributed by atoms with van der Waals surface area (Å²) in [5, 5.41) is 3.28. The Hall–Kier alpha value is -0.390. The first kappa shape index (κ1) is 10.7. The molecule has 3 nitrogen and oxygen atoms in total. The monoisotopic (exact) mass is 291 g/mol. The molecule has 0 aliphatic rings. The zero-order valence-electron chi connectivity index (χ0n) is 7.97. The number of anilines is 1. The molecule has 0 spiro atoms. The minimum atomic E-state index is 0.960. The van der Waals surface area contributed by atoms with Crippen LogP contribution >= 0.6 is 22.6 Å². The number of nitrogens with zero attached hydrogens (tertiary/aromatic N) is 2. The highest BCUT2D eigenvalue weighted by Crippen LogP contribution is 2.17. The summed E-state index contributed by atoms with van der Waals surface area (Å²) < 4.78 is 1.15. The van der Waals surface area contributed by atoms with Crippen molar-refractivity contribution in [2.45, 2.75) is 26.7 Å². The molecular formula is C9H14IN3. The predicted molar refractivity (Wildman–Crippen MR) is 62.9 cm³/mol. The van der Waals surface area contributed by atoms with E-state index in [0.717, 1.165) is 34.5 Å². The van der Waals surface area contributed by atoms with Crippen LogP contribution in [-0.4, -0.2) is 16.5 Å². The minimum absolute atomic E-state index is 0.960. The quantitative estimate of drug-likeness (QED) is 0.866. The fraction of sp³-hybridized carbons (Fsp3) is 0.556. The molecule has 0 unspecified atom stereocenters. The number of hydrogen-bond acceptors (Lipinski definition) is 3. The standard InChI is InChI=1S/C9H14IN3/c1-3-5-11-9-8(10)7(4-2)12-6-13-9/h6H,3-5H2,1-2H3,(H,11,12,13). The molecule has 1 aromatic heterocycles. The van der Waals surface area contributed by atoms with Crippen LogP contribution in [0.1, 0.15) is 26.0 Å². The van der Waals surface area contributed by atoms with Gasteiger partial charge < -0.3 is 5.32 Å². The maximum Gasteiger partial charge on any atom is 0.143 e. The molecule has 0 aromatic carbocycles. The van der Waals surface area contributed by atoms with Crippen molar-refractivity contribution in [1.29, 1.82) is 0 Å². The van der Waals surface area contributed by atoms with Gasteiger partial charge in [0.1, 0.15) is 12.1 Å². The molecule has 13 heavy (non-hydrogen) atoms. The van der Waals surface area contributed by atoms with E-state index in [9.17, 15) is 0 Å². The van der Waals surface area contributed by atoms with Gasteiger partial charge >= 0.3 is 0 Å². The highest BCUT2D eigenvalue weighted by Gasteiger charge is 2.05. The summed E-state index contributed by atoms with van der Waals surface area (Å²) in [6.07, 6.45) is 3.70. The lowest BCUT2D eigenvalue weighted by Gasteiger charge is -2.07. The average molecular weight is 291 g/mol. The van der Waals surface area contributed by atoms with Crippen LogP contribution < -0.4 is 5.32 Å². The average Bonchev–Trinajstić information content (AvgIpc) is 2.16. The lowest BCUT2D eigenvalue weighted by Crippen LogP contribution is -2.06. The summed E-state index contributed by atoms with van der Waals surface area (Å²) >= 11 is 2.29. The molecule has 4 heteroatoms. The molecule has 0 fully saturated rings. The first-order valence-corrected chi connectivity index (χ1v) is 5.60. The van der Waals surface area contributed by atoms with Gasteiger partial charge in [-0.05, 0) is 35.4 Å². The third kappa shape index (κ3) is 2.79. The highest BCUT2D eigenvalue weighted by molar-refractivity contribution is 14.1. The van der Waals surface area contributed by atoms with E-state index < -0.39 is 0 Å². The van der Waals surface area contributed by atoms with Gasteiger partial charge in [-0.15, -0.1) is 0 Å². The topological polar surface area (TPSA) is 37.8 Å². The van der Waals surface area contributed by atoms with E-state index in [1.54, 1.807) is 6.33 Å². The van der Waals surface area contributed by atoms with Crippen LogP contribution in [0, 0.1) is 3.57 Å². The smallest absolute Gasteiger partial charge is 0.143 e. The molecule has 0 radical (unpaired) electrons. The van der Waals surface area contributed by atoms with Crippen LogP contribution in [0.3, 0.4) is 0 Å². The molecule has 0 bridgehead atoms. The Morgan fingerprint density at radius 3 is 2.77 bits per heavy atom. The van der Waals surface area contributed by atoms with E-state index in [1.807, 2.05) is 0 Å². The Balaban J connectivity index is 2.81. The van der Waals surface area contributed by atoms with Crippen LogP contribution in [0.5, 0.6) is 0 Å². The second kappa shape index (κ2) is 5.36. The van der Waals surface area contributed by atoms with Crippen molar-refractivity contribution in [3.8, 4) is 0 Å². The molecule has 1 rings (SSSR count). The lowest BCUT2D eigenvalue weighted by molar-refractivity contribution is 0.939. The van der Waals surface area contributed by atoms with Crippen molar-refractivity contribution in [2.24, 2.45) is 0 Å². The van der Waals surface area contributed by atoms with E-state index in [-0.39, 0.29) is 0 Å². The molecule has 0 aliphatic heterocycles. The van der Waals surface area contributed by atoms with Gasteiger partial charge in [0.05, 0.1) is 9.26 Å². The van der Waals surface area contributed by atoms with Crippen molar-refractivity contribution in [3.63, 3.8) is 0 Å². The third-order valence-electron chi connectivity index (χ3n) is 1.74. The Morgan fingerprint density at radius 2 is 2.15 bits per heavy atom. The molecule has 0 aliphatic carbocycles. The summed E-state index contributed by atoms with van der Waals surface area (Å²) in [6.45, 7) is 5.21. The van der Waals surface area contributed by atoms with Crippen LogP contribution in [0.25, 0.3) is 0 Å². The second-order valence-electron chi connectivity index (χ2n) is 2.76. The second-order valence-corrected chi connectivity index (χ2v) is 3.84. The van der Waals surface area contributed by atoms with Gasteiger partial charge in [0, 0.05) is 6.54 Å². The fourth-order valence-corrected chi connectivity index (χ4v) is 1.87. The van der Waals surface area contributed by atoms with Crippen molar-refractivity contribution >= 4 is 28.4 Å². The van der Waals surface area contributed by atoms with E-state index in [2.05, 4.69) is 51.7 Å². The summed E-state index contributed by atoms with van der Waals surface area (Å²) in [4.78, 5) is 8.40. The lowest BCUT2D eigenvalue weighted by atomic mass is 10.3. The number of rotatable bonds is 4. The Kier molecular flexibility index (Phi) is 4.41. The van der Waals surface area contributed by atoms with Crippen molar-refractivity contribution < 1.29 is 0 Å². The summed E-state index contributed by atoms with van der Waals surface area (Å²) in [5.74, 6) is 0.967. The molecule has 72 valence electrons. The van der Waals surface area contributed by atoms with Gasteiger partial charge in [0.15, 0.2) is 0 Å². The number of aromatic nitrogens is 2. The fourth-order valence-electron chi connectivity index (χ4n) is 1.02. The molecule has 0 amide bonds. The number of nitrogens with one attached hydrogen (secondary N) is 1. The summed E-state index contributed by atoms with van der Waals surface area (Å²) in [6, 6.07) is 0. The number of aryl methyl sites for hydroxylation is 1. The van der Waals surface area contributed by atoms with Gasteiger partial charge in [-0.2, -0.15) is 0 Å². The first-order valence-electron chi connectivity index (χ1n) is 4.52. The maximum atomic E-state index is 4.21. The van der Waals surface area contributed by atoms with Crippen LogP contribution in [0.2, 0.25) is 0 Å². The van der Waals surface area contributed by atoms with Crippen LogP contribution in [-0.2, 0) is 6.42 Å². The highest BCUT2D eigenvalue weighted by atomic mass is 127. The molecule has 0 atom stereocenters. The van der Waals surface area contributed by atoms with Crippen molar-refractivity contribution in [2.75, 3.05) is 11.9 Å². The van der Waals surface area contributed by atoms with Crippen LogP contribution in [0.4, 0.5) is 5.82 Å². The van der Waals surface area contributed by atoms with Gasteiger partial charge in [0.25, 0.3) is 0 Å². The predicted octanol–water partition coefficient (Wildman–Crippen LogP) is 2.47. The molecular weight excluding hydrogens is 277 g/mol. The number of hydrogen-bond donors (Lipinski definition) is 1. The Labute approximate surface area is 92.5 Å². The molecule has 0 saturated heterocycles. The molecule has 1 heterocycles. The molecule has 0 saturated carbocycles. The van der Waals surface area contributed by atoms with E-state index >= 15 is 0 Å². The van der Waals surface area contributed by atoms with Crippen molar-refractivity contribution in [3.05, 3.63) is 15.6 Å². The van der Waals surface area contributed by atoms with Crippen molar-refractivity contribution in [1.82, 2.24) is 9.97 Å². The Morgan fingerprint density at radius 1 is 1.38 bits per heavy atom. The molecule has 1 N–H and O–H groups in total. The zero-order valence-corrected chi connectivity index (χ0v) is 10.1. The summed E-state index contributed by atoms with van der Waals surface area (Å²) in [5.41, 5.74) is 1.12. The molecule has 1 aromatic rings. The maximum absolute atomic E-state index is 4.21. The van der Waals surface area contributed by atoms with E-state index in [4.69, 9.17) is 0 Å². The normalized spacial score (nSPS) is 10.1. The van der Waals surface area contributed by atoms with Gasteiger partial charge in [0.2, 0.25) is 0 Å². The number of halogens is 1. The van der Waals surface area contributed by atoms with Gasteiger partial charge in [-0.1, -0.05) is 13.8 Å². The zero-order chi connectivity index (χ0) is 9.68. The van der Waals surface area contributed by atoms with E-state index in [0.29, 0.717) is 0 Å². The van der Waals surface area contributed by atoms with Gasteiger partial charge in [-0.3, -0.25) is 0 Å². The SMILES string of the molecule is CCCNc1ncnc(CC)c1I. The van der Waals surface area contributed by atoms with E-state index in [1.165, 1.54) is 0 Å².